The van der Waals surface area contributed by atoms with Gasteiger partial charge in [0.2, 0.25) is 5.91 Å². The van der Waals surface area contributed by atoms with E-state index in [1.54, 1.807) is 6.20 Å². The van der Waals surface area contributed by atoms with Gasteiger partial charge in [0.25, 0.3) is 0 Å². The van der Waals surface area contributed by atoms with Gasteiger partial charge in [-0.3, -0.25) is 4.79 Å². The number of halogens is 3. The van der Waals surface area contributed by atoms with E-state index in [1.807, 2.05) is 18.2 Å². The maximum absolute atomic E-state index is 13.0. The second-order valence-corrected chi connectivity index (χ2v) is 10.4. The summed E-state index contributed by atoms with van der Waals surface area (Å²) in [5.41, 5.74) is -0.427. The fourth-order valence-corrected chi connectivity index (χ4v) is 9.28. The number of nitrogens with one attached hydrogen (secondary N) is 1. The Hall–Kier alpha value is 0.0600. The highest BCUT2D eigenvalue weighted by molar-refractivity contribution is 9.24. The Balaban J connectivity index is 1.91. The fraction of sp³-hybridized carbons (Fsp3) is 0.600. The second-order valence-electron chi connectivity index (χ2n) is 6.47. The first-order valence-electron chi connectivity index (χ1n) is 6.95. The molecule has 0 radical (unpaired) electrons. The maximum atomic E-state index is 13.0. The Bertz CT molecular complexity index is 578. The van der Waals surface area contributed by atoms with Gasteiger partial charge in [0, 0.05) is 16.4 Å². The molecule has 3 aliphatic rings. The molecule has 6 heteroatoms. The van der Waals surface area contributed by atoms with E-state index in [0.29, 0.717) is 5.82 Å². The maximum Gasteiger partial charge on any atom is 0.233 e. The van der Waals surface area contributed by atoms with Crippen LogP contribution < -0.4 is 5.32 Å². The van der Waals surface area contributed by atoms with E-state index < -0.39 is 0 Å². The highest BCUT2D eigenvalue weighted by Crippen LogP contribution is 2.82. The van der Waals surface area contributed by atoms with Crippen LogP contribution in [-0.4, -0.2) is 19.5 Å². The third-order valence-corrected chi connectivity index (χ3v) is 9.03. The van der Waals surface area contributed by atoms with E-state index in [0.717, 1.165) is 12.8 Å². The molecular formula is C15H17Br3N2O. The fourth-order valence-electron chi connectivity index (χ4n) is 4.36. The Morgan fingerprint density at radius 2 is 2.10 bits per heavy atom. The molecular weight excluding hydrogens is 464 g/mol. The quantitative estimate of drug-likeness (QED) is 0.637. The molecule has 2 bridgehead atoms. The van der Waals surface area contributed by atoms with E-state index in [1.165, 1.54) is 0 Å². The lowest BCUT2D eigenvalue weighted by Gasteiger charge is -2.66. The van der Waals surface area contributed by atoms with Crippen molar-refractivity contribution in [1.82, 2.24) is 4.98 Å². The number of hydrogen-bond acceptors (Lipinski definition) is 2. The molecule has 1 aromatic rings. The van der Waals surface area contributed by atoms with Crippen molar-refractivity contribution in [3.8, 4) is 0 Å². The number of rotatable bonds is 3. The van der Waals surface area contributed by atoms with Gasteiger partial charge in [-0.25, -0.2) is 4.98 Å². The molecule has 0 aromatic carbocycles. The van der Waals surface area contributed by atoms with Crippen molar-refractivity contribution in [2.45, 2.75) is 35.3 Å². The highest BCUT2D eigenvalue weighted by Gasteiger charge is 2.83. The van der Waals surface area contributed by atoms with Crippen molar-refractivity contribution in [2.75, 3.05) is 5.32 Å². The molecule has 114 valence electrons. The van der Waals surface area contributed by atoms with Crippen molar-refractivity contribution >= 4 is 59.5 Å². The van der Waals surface area contributed by atoms with Crippen molar-refractivity contribution in [3.63, 3.8) is 0 Å². The summed E-state index contributed by atoms with van der Waals surface area (Å²) in [6.45, 7) is 4.40. The molecule has 0 spiro atoms. The summed E-state index contributed by atoms with van der Waals surface area (Å²) in [7, 11) is 0. The Morgan fingerprint density at radius 3 is 2.57 bits per heavy atom. The molecule has 1 amide bonds. The minimum absolute atomic E-state index is 0.0501. The van der Waals surface area contributed by atoms with E-state index in [4.69, 9.17) is 0 Å². The summed E-state index contributed by atoms with van der Waals surface area (Å²) >= 11 is 11.2. The number of aromatic nitrogens is 1. The van der Waals surface area contributed by atoms with Crippen LogP contribution in [0.15, 0.2) is 24.4 Å². The van der Waals surface area contributed by atoms with Gasteiger partial charge in [0.1, 0.15) is 5.82 Å². The summed E-state index contributed by atoms with van der Waals surface area (Å²) in [5, 5.41) is 2.99. The van der Waals surface area contributed by atoms with Gasteiger partial charge in [0.05, 0.1) is 9.15 Å². The van der Waals surface area contributed by atoms with Crippen LogP contribution in [0, 0.1) is 16.2 Å². The van der Waals surface area contributed by atoms with Crippen molar-refractivity contribution in [1.29, 1.82) is 0 Å². The summed E-state index contributed by atoms with van der Waals surface area (Å²) in [6.07, 6.45) is 3.60. The largest absolute Gasteiger partial charge is 0.310 e. The molecule has 21 heavy (non-hydrogen) atoms. The first-order valence-corrected chi connectivity index (χ1v) is 9.70. The van der Waals surface area contributed by atoms with E-state index in [-0.39, 0.29) is 30.7 Å². The first-order chi connectivity index (χ1) is 9.80. The van der Waals surface area contributed by atoms with Gasteiger partial charge in [-0.1, -0.05) is 67.7 Å². The smallest absolute Gasteiger partial charge is 0.233 e. The number of amides is 1. The van der Waals surface area contributed by atoms with Crippen LogP contribution >= 0.6 is 47.8 Å². The summed E-state index contributed by atoms with van der Waals surface area (Å²) in [5.74, 6) is 0.688. The average molecular weight is 481 g/mol. The molecule has 3 fully saturated rings. The Kier molecular flexibility index (Phi) is 3.82. The second kappa shape index (κ2) is 5.03. The van der Waals surface area contributed by atoms with Gasteiger partial charge in [-0.2, -0.15) is 0 Å². The number of alkyl halides is 3. The van der Waals surface area contributed by atoms with E-state index in [2.05, 4.69) is 71.9 Å². The Labute approximate surface area is 150 Å². The molecule has 3 atom stereocenters. The predicted molar refractivity (Wildman–Crippen MR) is 95.1 cm³/mol. The summed E-state index contributed by atoms with van der Waals surface area (Å²) in [4.78, 5) is 17.3. The zero-order valence-corrected chi connectivity index (χ0v) is 16.6. The standard InChI is InChI=1S/C15H17Br3N2O/c1-13(2)14(11(17)18)6-7-15(13,10(14)16)12(21)20-9-5-3-4-8-19-9/h3-5,8,10-11H,6-7H2,1-2H3,(H,19,20,21)/t10-,14-,15-/m0/s1. The molecule has 1 N–H and O–H groups in total. The number of pyridine rings is 1. The van der Waals surface area contributed by atoms with Gasteiger partial charge in [0.15, 0.2) is 0 Å². The van der Waals surface area contributed by atoms with Gasteiger partial charge in [-0.05, 0) is 30.4 Å². The Morgan fingerprint density at radius 1 is 1.38 bits per heavy atom. The molecule has 0 aliphatic heterocycles. The summed E-state index contributed by atoms with van der Waals surface area (Å²) < 4.78 is 0.190. The summed E-state index contributed by atoms with van der Waals surface area (Å²) in [6, 6.07) is 5.54. The lowest BCUT2D eigenvalue weighted by atomic mass is 9.43. The number of anilines is 1. The van der Waals surface area contributed by atoms with Crippen LogP contribution in [0.2, 0.25) is 0 Å². The average Bonchev–Trinajstić information content (AvgIpc) is 2.89. The van der Waals surface area contributed by atoms with Crippen LogP contribution in [0.4, 0.5) is 5.82 Å². The third-order valence-electron chi connectivity index (χ3n) is 5.80. The molecule has 3 aliphatic carbocycles. The molecule has 0 saturated heterocycles. The van der Waals surface area contributed by atoms with Crippen molar-refractivity contribution in [2.24, 2.45) is 16.2 Å². The van der Waals surface area contributed by atoms with Crippen molar-refractivity contribution < 1.29 is 4.79 Å². The minimum atomic E-state index is -0.385. The molecule has 3 nitrogen and oxygen atoms in total. The number of nitrogens with zero attached hydrogens (tertiary/aromatic N) is 1. The SMILES string of the molecule is CC1(C)[C@@]2(C(=O)Nc3ccccn3)CC[C@@]1(C(Br)Br)[C@@H]2Br. The molecule has 1 heterocycles. The first kappa shape index (κ1) is 15.9. The number of fused-ring (bicyclic) bond motifs is 1. The van der Waals surface area contributed by atoms with Gasteiger partial charge in [-0.15, -0.1) is 0 Å². The van der Waals surface area contributed by atoms with Crippen LogP contribution in [0.25, 0.3) is 0 Å². The van der Waals surface area contributed by atoms with Crippen LogP contribution in [0.3, 0.4) is 0 Å². The lowest BCUT2D eigenvalue weighted by Crippen LogP contribution is -2.71. The van der Waals surface area contributed by atoms with Gasteiger partial charge >= 0.3 is 0 Å². The van der Waals surface area contributed by atoms with Crippen molar-refractivity contribution in [3.05, 3.63) is 24.4 Å². The lowest BCUT2D eigenvalue weighted by molar-refractivity contribution is -0.155. The zero-order chi connectivity index (χ0) is 15.5. The molecule has 3 saturated carbocycles. The third kappa shape index (κ3) is 1.75. The topological polar surface area (TPSA) is 42.0 Å². The van der Waals surface area contributed by atoms with Crippen LogP contribution in [-0.2, 0) is 4.79 Å². The van der Waals surface area contributed by atoms with E-state index in [9.17, 15) is 4.79 Å². The predicted octanol–water partition coefficient (Wildman–Crippen LogP) is 4.71. The monoisotopic (exact) mass is 478 g/mol. The number of carbonyl (C=O) groups is 1. The number of carbonyl (C=O) groups excluding carboxylic acids is 1. The normalized spacial score (nSPS) is 36.4. The minimum Gasteiger partial charge on any atom is -0.310 e. The van der Waals surface area contributed by atoms with E-state index >= 15 is 0 Å². The molecule has 0 unspecified atom stereocenters. The molecule has 1 aromatic heterocycles. The van der Waals surface area contributed by atoms with Crippen LogP contribution in [0.5, 0.6) is 0 Å². The van der Waals surface area contributed by atoms with Gasteiger partial charge < -0.3 is 5.32 Å². The number of hydrogen-bond donors (Lipinski definition) is 1. The zero-order valence-electron chi connectivity index (χ0n) is 11.9. The molecule has 4 rings (SSSR count). The van der Waals surface area contributed by atoms with Crippen LogP contribution in [0.1, 0.15) is 26.7 Å². The highest BCUT2D eigenvalue weighted by atomic mass is 79.9.